The molecule has 0 unspecified atom stereocenters. The molecule has 0 spiro atoms. The molecule has 5 N–H and O–H groups in total. The van der Waals surface area contributed by atoms with Crippen LogP contribution in [0.2, 0.25) is 5.02 Å². The predicted molar refractivity (Wildman–Crippen MR) is 160 cm³/mol. The molecule has 0 amide bonds. The van der Waals surface area contributed by atoms with Gasteiger partial charge in [0.25, 0.3) is 0 Å². The molecule has 42 heavy (non-hydrogen) atoms. The SMILES string of the molecule is C[C@H](COCc1n[nH]c(=O)[nH]1)N[C@H]1CC[C@H](Nc2cc(-c3cccc(NCC4(C#N)CCOCC4)n3)c(Cl)cn2)CC1. The molecular formula is C29H38ClN9O3. The molecule has 2 fully saturated rings. The second kappa shape index (κ2) is 14.1. The fraction of sp³-hybridized carbons (Fsp3) is 0.552. The molecule has 0 radical (unpaired) electrons. The van der Waals surface area contributed by atoms with Crippen LogP contribution in [0.15, 0.2) is 35.3 Å². The molecule has 5 rings (SSSR count). The minimum absolute atomic E-state index is 0.186. The van der Waals surface area contributed by atoms with Crippen molar-refractivity contribution in [2.75, 3.05) is 37.0 Å². The van der Waals surface area contributed by atoms with Crippen molar-refractivity contribution in [3.8, 4) is 17.3 Å². The predicted octanol–water partition coefficient (Wildman–Crippen LogP) is 3.86. The van der Waals surface area contributed by atoms with Gasteiger partial charge in [-0.05, 0) is 63.6 Å². The van der Waals surface area contributed by atoms with Crippen molar-refractivity contribution < 1.29 is 9.47 Å². The highest BCUT2D eigenvalue weighted by Gasteiger charge is 2.32. The van der Waals surface area contributed by atoms with Gasteiger partial charge in [0.15, 0.2) is 5.82 Å². The van der Waals surface area contributed by atoms with Crippen LogP contribution in [0.5, 0.6) is 0 Å². The molecule has 12 nitrogen and oxygen atoms in total. The van der Waals surface area contributed by atoms with Crippen LogP contribution in [0.3, 0.4) is 0 Å². The molecule has 1 saturated heterocycles. The first kappa shape index (κ1) is 30.0. The Bertz CT molecular complexity index is 1410. The third-order valence-corrected chi connectivity index (χ3v) is 8.23. The Morgan fingerprint density at radius 3 is 2.74 bits per heavy atom. The first-order chi connectivity index (χ1) is 20.4. The van der Waals surface area contributed by atoms with Crippen molar-refractivity contribution >= 4 is 23.2 Å². The molecule has 0 aromatic carbocycles. The van der Waals surface area contributed by atoms with Crippen molar-refractivity contribution in [1.29, 1.82) is 5.26 Å². The maximum absolute atomic E-state index is 11.1. The number of nitrogens with one attached hydrogen (secondary N) is 5. The average Bonchev–Trinajstić information content (AvgIpc) is 3.43. The third kappa shape index (κ3) is 8.07. The molecule has 3 aromatic heterocycles. The van der Waals surface area contributed by atoms with Gasteiger partial charge in [0.2, 0.25) is 0 Å². The van der Waals surface area contributed by atoms with E-state index in [0.29, 0.717) is 68.0 Å². The second-order valence-electron chi connectivity index (χ2n) is 11.2. The summed E-state index contributed by atoms with van der Waals surface area (Å²) < 4.78 is 11.1. The van der Waals surface area contributed by atoms with E-state index in [4.69, 9.17) is 26.1 Å². The number of nitrogens with zero attached hydrogens (tertiary/aromatic N) is 4. The maximum Gasteiger partial charge on any atom is 0.340 e. The molecule has 1 atom stereocenters. The van der Waals surface area contributed by atoms with Gasteiger partial charge in [-0.3, -0.25) is 4.98 Å². The first-order valence-electron chi connectivity index (χ1n) is 14.5. The zero-order chi connectivity index (χ0) is 29.4. The summed E-state index contributed by atoms with van der Waals surface area (Å²) >= 11 is 6.56. The molecule has 3 aromatic rings. The summed E-state index contributed by atoms with van der Waals surface area (Å²) in [6, 6.07) is 11.1. The number of hydrogen-bond donors (Lipinski definition) is 5. The molecular weight excluding hydrogens is 558 g/mol. The number of hydrogen-bond acceptors (Lipinski definition) is 10. The Hall–Kier alpha value is -3.50. The van der Waals surface area contributed by atoms with E-state index in [1.165, 1.54) is 0 Å². The summed E-state index contributed by atoms with van der Waals surface area (Å²) in [5.41, 5.74) is 0.786. The summed E-state index contributed by atoms with van der Waals surface area (Å²) in [5.74, 6) is 1.98. The smallest absolute Gasteiger partial charge is 0.340 e. The number of aromatic amines is 2. The van der Waals surface area contributed by atoms with E-state index in [1.807, 2.05) is 24.3 Å². The van der Waals surface area contributed by atoms with Crippen LogP contribution in [0, 0.1) is 16.7 Å². The fourth-order valence-electron chi connectivity index (χ4n) is 5.52. The lowest BCUT2D eigenvalue weighted by Crippen LogP contribution is -2.43. The quantitative estimate of drug-likeness (QED) is 0.207. The monoisotopic (exact) mass is 595 g/mol. The summed E-state index contributed by atoms with van der Waals surface area (Å²) in [6.45, 7) is 4.64. The molecule has 2 aliphatic rings. The zero-order valence-electron chi connectivity index (χ0n) is 23.8. The lowest BCUT2D eigenvalue weighted by molar-refractivity contribution is 0.0455. The van der Waals surface area contributed by atoms with Gasteiger partial charge in [-0.2, -0.15) is 10.4 Å². The van der Waals surface area contributed by atoms with E-state index in [0.717, 1.165) is 42.8 Å². The summed E-state index contributed by atoms with van der Waals surface area (Å²) in [5, 5.41) is 27.1. The molecule has 1 aliphatic carbocycles. The van der Waals surface area contributed by atoms with Crippen LogP contribution in [-0.2, 0) is 16.1 Å². The Labute approximate surface area is 250 Å². The largest absolute Gasteiger partial charge is 0.381 e. The lowest BCUT2D eigenvalue weighted by Gasteiger charge is -2.32. The minimum Gasteiger partial charge on any atom is -0.381 e. The van der Waals surface area contributed by atoms with Crippen molar-refractivity contribution in [2.24, 2.45) is 5.41 Å². The van der Waals surface area contributed by atoms with Crippen LogP contribution in [0.1, 0.15) is 51.3 Å². The molecule has 4 heterocycles. The summed E-state index contributed by atoms with van der Waals surface area (Å²) in [7, 11) is 0. The highest BCUT2D eigenvalue weighted by Crippen LogP contribution is 2.32. The van der Waals surface area contributed by atoms with Gasteiger partial charge in [0.1, 0.15) is 18.2 Å². The van der Waals surface area contributed by atoms with Crippen molar-refractivity contribution in [3.05, 3.63) is 51.8 Å². The van der Waals surface area contributed by atoms with Crippen molar-refractivity contribution in [2.45, 2.75) is 70.2 Å². The third-order valence-electron chi connectivity index (χ3n) is 7.93. The van der Waals surface area contributed by atoms with Gasteiger partial charge in [-0.15, -0.1) is 0 Å². The van der Waals surface area contributed by atoms with Gasteiger partial charge >= 0.3 is 5.69 Å². The standard InChI is InChI=1S/C29H38ClN9O3/c1-19(15-42-16-27-37-28(40)39-38-27)34-20-5-7-21(8-6-20)35-26-13-22(23(30)14-32-26)24-3-2-4-25(36-24)33-18-29(17-31)9-11-41-12-10-29/h2-4,13-14,19-21,34H,5-12,15-16,18H2,1H3,(H,32,35)(H,33,36)(H2,37,38,39,40)/t19-,20-,21-/m1/s1. The van der Waals surface area contributed by atoms with E-state index >= 15 is 0 Å². The normalized spacial score (nSPS) is 20.9. The maximum atomic E-state index is 11.1. The van der Waals surface area contributed by atoms with Gasteiger partial charge in [0.05, 0.1) is 28.8 Å². The zero-order valence-corrected chi connectivity index (χ0v) is 24.5. The number of H-pyrrole nitrogens is 2. The number of nitriles is 1. The van der Waals surface area contributed by atoms with Gasteiger partial charge in [0, 0.05) is 49.6 Å². The van der Waals surface area contributed by atoms with Gasteiger partial charge in [-0.25, -0.2) is 19.9 Å². The van der Waals surface area contributed by atoms with Crippen LogP contribution >= 0.6 is 11.6 Å². The van der Waals surface area contributed by atoms with Gasteiger partial charge < -0.3 is 25.4 Å². The van der Waals surface area contributed by atoms with Gasteiger partial charge in [-0.1, -0.05) is 17.7 Å². The molecule has 13 heteroatoms. The minimum atomic E-state index is -0.440. The number of halogens is 1. The van der Waals surface area contributed by atoms with E-state index in [-0.39, 0.29) is 18.3 Å². The van der Waals surface area contributed by atoms with E-state index in [2.05, 4.69) is 49.1 Å². The molecule has 0 bridgehead atoms. The second-order valence-corrected chi connectivity index (χ2v) is 11.6. The Morgan fingerprint density at radius 1 is 1.21 bits per heavy atom. The molecule has 224 valence electrons. The fourth-order valence-corrected chi connectivity index (χ4v) is 5.72. The van der Waals surface area contributed by atoms with Crippen LogP contribution < -0.4 is 21.6 Å². The lowest BCUT2D eigenvalue weighted by atomic mass is 9.82. The van der Waals surface area contributed by atoms with E-state index < -0.39 is 5.41 Å². The van der Waals surface area contributed by atoms with Crippen molar-refractivity contribution in [1.82, 2.24) is 30.5 Å². The van der Waals surface area contributed by atoms with Crippen molar-refractivity contribution in [3.63, 3.8) is 0 Å². The summed E-state index contributed by atoms with van der Waals surface area (Å²) in [6.07, 6.45) is 7.21. The summed E-state index contributed by atoms with van der Waals surface area (Å²) in [4.78, 5) is 23.0. The topological polar surface area (TPSA) is 166 Å². The highest BCUT2D eigenvalue weighted by molar-refractivity contribution is 6.33. The van der Waals surface area contributed by atoms with Crippen LogP contribution in [0.25, 0.3) is 11.3 Å². The van der Waals surface area contributed by atoms with Crippen LogP contribution in [0.4, 0.5) is 11.6 Å². The average molecular weight is 596 g/mol. The number of ether oxygens (including phenoxy) is 2. The molecule has 1 aliphatic heterocycles. The number of pyridine rings is 2. The van der Waals surface area contributed by atoms with Crippen LogP contribution in [-0.4, -0.2) is 69.6 Å². The molecule has 1 saturated carbocycles. The number of rotatable bonds is 12. The highest BCUT2D eigenvalue weighted by atomic mass is 35.5. The van der Waals surface area contributed by atoms with E-state index in [9.17, 15) is 10.1 Å². The number of aromatic nitrogens is 5. The first-order valence-corrected chi connectivity index (χ1v) is 14.9. The Balaban J connectivity index is 1.11. The van der Waals surface area contributed by atoms with E-state index in [1.54, 1.807) is 6.20 Å². The number of anilines is 2. The Morgan fingerprint density at radius 2 is 2.00 bits per heavy atom. The Kier molecular flexibility index (Phi) is 10.1.